The number of nitrogens with zero attached hydrogens (tertiary/aromatic N) is 2. The summed E-state index contributed by atoms with van der Waals surface area (Å²) in [5.74, 6) is 1.67. The van der Waals surface area contributed by atoms with Crippen molar-refractivity contribution >= 4 is 19.1 Å². The van der Waals surface area contributed by atoms with Gasteiger partial charge in [-0.3, -0.25) is 4.57 Å². The minimum atomic E-state index is 0.680. The first-order valence-corrected chi connectivity index (χ1v) is 9.18. The van der Waals surface area contributed by atoms with Crippen molar-refractivity contribution in [1.29, 1.82) is 0 Å². The van der Waals surface area contributed by atoms with Crippen LogP contribution < -0.4 is 0 Å². The number of hydrogen-bond donors (Lipinski definition) is 0. The predicted octanol–water partition coefficient (Wildman–Crippen LogP) is 4.93. The third-order valence-electron chi connectivity index (χ3n) is 4.49. The fourth-order valence-electron chi connectivity index (χ4n) is 3.45. The van der Waals surface area contributed by atoms with Gasteiger partial charge >= 0.3 is 0 Å². The van der Waals surface area contributed by atoms with Crippen molar-refractivity contribution < 1.29 is 0 Å². The van der Waals surface area contributed by atoms with Gasteiger partial charge in [0.05, 0.1) is 5.69 Å². The molecule has 130 valence electrons. The molecule has 0 N–H and O–H groups in total. The van der Waals surface area contributed by atoms with Crippen molar-refractivity contribution in [2.45, 2.75) is 45.3 Å². The monoisotopic (exact) mass is 332 g/mol. The second kappa shape index (κ2) is 9.26. The molecule has 1 aliphatic rings. The van der Waals surface area contributed by atoms with Gasteiger partial charge in [-0.05, 0) is 45.3 Å². The van der Waals surface area contributed by atoms with Gasteiger partial charge < -0.3 is 0 Å². The molecule has 0 fully saturated rings. The lowest BCUT2D eigenvalue weighted by Gasteiger charge is -2.14. The average Bonchev–Trinajstić information content (AvgIpc) is 2.82. The second-order valence-corrected chi connectivity index (χ2v) is 6.55. The Hall–Kier alpha value is -2.29. The number of hydrogen-bond acceptors (Lipinski definition) is 1. The molecule has 0 spiro atoms. The van der Waals surface area contributed by atoms with Crippen LogP contribution in [0.5, 0.6) is 0 Å². The Bertz CT molecular complexity index is 744. The molecule has 1 aromatic heterocycles. The van der Waals surface area contributed by atoms with Gasteiger partial charge in [-0.25, -0.2) is 4.98 Å². The van der Waals surface area contributed by atoms with E-state index in [-0.39, 0.29) is 0 Å². The molecule has 0 aliphatic heterocycles. The third-order valence-corrected chi connectivity index (χ3v) is 4.49. The molecule has 3 heteroatoms. The standard InChI is InChI=1S/C22H29BN2/c1-5-10-17(11-6-2)22-24-20-16-18(23)14-9-15-21(20)25(22)19(12-7-3)13-8-4/h5-8,10-13,18H,1,3,9,14-16,23H2,2,4H3/b11-6-,13-8-,17-10+,19-12+. The molecular formula is C22H29BN2. The van der Waals surface area contributed by atoms with Crippen molar-refractivity contribution in [3.8, 4) is 0 Å². The van der Waals surface area contributed by atoms with Gasteiger partial charge in [-0.1, -0.05) is 61.9 Å². The molecule has 1 heterocycles. The normalized spacial score (nSPS) is 19.2. The molecule has 0 saturated carbocycles. The Morgan fingerprint density at radius 2 is 1.88 bits per heavy atom. The van der Waals surface area contributed by atoms with Crippen LogP contribution in [-0.4, -0.2) is 17.4 Å². The summed E-state index contributed by atoms with van der Waals surface area (Å²) in [5, 5.41) is 0. The number of rotatable bonds is 6. The summed E-state index contributed by atoms with van der Waals surface area (Å²) in [5.41, 5.74) is 4.76. The van der Waals surface area contributed by atoms with Gasteiger partial charge in [0.15, 0.2) is 0 Å². The summed E-state index contributed by atoms with van der Waals surface area (Å²) >= 11 is 0. The molecule has 1 unspecified atom stereocenters. The van der Waals surface area contributed by atoms with E-state index < -0.39 is 0 Å². The highest BCUT2D eigenvalue weighted by molar-refractivity contribution is 6.11. The quantitative estimate of drug-likeness (QED) is 0.410. The fraction of sp³-hybridized carbons (Fsp3) is 0.318. The van der Waals surface area contributed by atoms with Crippen LogP contribution in [0.2, 0.25) is 5.82 Å². The van der Waals surface area contributed by atoms with Crippen molar-refractivity contribution in [3.05, 3.63) is 79.0 Å². The summed E-state index contributed by atoms with van der Waals surface area (Å²) < 4.78 is 2.31. The zero-order chi connectivity index (χ0) is 18.2. The molecule has 25 heavy (non-hydrogen) atoms. The van der Waals surface area contributed by atoms with Crippen LogP contribution in [0.4, 0.5) is 0 Å². The van der Waals surface area contributed by atoms with E-state index in [4.69, 9.17) is 4.98 Å². The molecule has 1 atom stereocenters. The topological polar surface area (TPSA) is 17.8 Å². The zero-order valence-electron chi connectivity index (χ0n) is 15.8. The van der Waals surface area contributed by atoms with E-state index in [2.05, 4.69) is 56.0 Å². The number of allylic oxidation sites excluding steroid dienone is 10. The van der Waals surface area contributed by atoms with Gasteiger partial charge in [-0.2, -0.15) is 0 Å². The highest BCUT2D eigenvalue weighted by atomic mass is 15.1. The van der Waals surface area contributed by atoms with Gasteiger partial charge in [0, 0.05) is 17.0 Å². The summed E-state index contributed by atoms with van der Waals surface area (Å²) in [6.07, 6.45) is 20.7. The van der Waals surface area contributed by atoms with Crippen LogP contribution >= 0.6 is 0 Å². The molecular weight excluding hydrogens is 303 g/mol. The van der Waals surface area contributed by atoms with Crippen molar-refractivity contribution in [1.82, 2.24) is 9.55 Å². The minimum absolute atomic E-state index is 0.680. The van der Waals surface area contributed by atoms with Crippen LogP contribution in [0, 0.1) is 0 Å². The highest BCUT2D eigenvalue weighted by Gasteiger charge is 2.23. The Labute approximate surface area is 153 Å². The fourth-order valence-corrected chi connectivity index (χ4v) is 3.45. The van der Waals surface area contributed by atoms with E-state index in [1.54, 1.807) is 0 Å². The molecule has 0 bridgehead atoms. The maximum Gasteiger partial charge on any atom is 0.145 e. The van der Waals surface area contributed by atoms with Crippen molar-refractivity contribution in [3.63, 3.8) is 0 Å². The van der Waals surface area contributed by atoms with E-state index in [1.807, 2.05) is 32.1 Å². The van der Waals surface area contributed by atoms with Gasteiger partial charge in [-0.15, -0.1) is 0 Å². The first-order valence-electron chi connectivity index (χ1n) is 9.18. The Kier molecular flexibility index (Phi) is 7.06. The maximum atomic E-state index is 5.07. The summed E-state index contributed by atoms with van der Waals surface area (Å²) in [6.45, 7) is 11.8. The lowest BCUT2D eigenvalue weighted by Crippen LogP contribution is -2.05. The Balaban J connectivity index is 2.76. The van der Waals surface area contributed by atoms with Crippen LogP contribution in [0.25, 0.3) is 11.3 Å². The molecule has 2 nitrogen and oxygen atoms in total. The van der Waals surface area contributed by atoms with E-state index in [9.17, 15) is 0 Å². The zero-order valence-corrected chi connectivity index (χ0v) is 15.8. The third kappa shape index (κ3) is 4.42. The Morgan fingerprint density at radius 3 is 2.52 bits per heavy atom. The Morgan fingerprint density at radius 1 is 1.16 bits per heavy atom. The van der Waals surface area contributed by atoms with Crippen molar-refractivity contribution in [2.75, 3.05) is 0 Å². The molecule has 0 saturated heterocycles. The largest absolute Gasteiger partial charge is 0.297 e. The molecule has 1 aromatic rings. The molecule has 0 radical (unpaired) electrons. The molecule has 2 rings (SSSR count). The number of imidazole rings is 1. The summed E-state index contributed by atoms with van der Waals surface area (Å²) in [7, 11) is 2.33. The van der Waals surface area contributed by atoms with Crippen LogP contribution in [-0.2, 0) is 12.8 Å². The lowest BCUT2D eigenvalue weighted by atomic mass is 9.81. The lowest BCUT2D eigenvalue weighted by molar-refractivity contribution is 0.696. The molecule has 0 aromatic carbocycles. The van der Waals surface area contributed by atoms with Crippen LogP contribution in [0.1, 0.15) is 43.9 Å². The van der Waals surface area contributed by atoms with E-state index in [1.165, 1.54) is 24.2 Å². The van der Waals surface area contributed by atoms with Crippen LogP contribution in [0.3, 0.4) is 0 Å². The second-order valence-electron chi connectivity index (χ2n) is 6.55. The van der Waals surface area contributed by atoms with E-state index in [0.717, 1.165) is 29.9 Å². The van der Waals surface area contributed by atoms with Gasteiger partial charge in [0.1, 0.15) is 13.7 Å². The number of aromatic nitrogens is 2. The summed E-state index contributed by atoms with van der Waals surface area (Å²) in [6, 6.07) is 0. The van der Waals surface area contributed by atoms with E-state index >= 15 is 0 Å². The summed E-state index contributed by atoms with van der Waals surface area (Å²) in [4.78, 5) is 5.07. The smallest absolute Gasteiger partial charge is 0.145 e. The average molecular weight is 332 g/mol. The van der Waals surface area contributed by atoms with Crippen LogP contribution in [0.15, 0.2) is 61.8 Å². The molecule has 1 aliphatic carbocycles. The maximum absolute atomic E-state index is 5.07. The van der Waals surface area contributed by atoms with E-state index in [0.29, 0.717) is 5.82 Å². The van der Waals surface area contributed by atoms with Crippen molar-refractivity contribution in [2.24, 2.45) is 0 Å². The van der Waals surface area contributed by atoms with Gasteiger partial charge in [0.2, 0.25) is 0 Å². The highest BCUT2D eigenvalue weighted by Crippen LogP contribution is 2.32. The molecule has 0 amide bonds. The number of fused-ring (bicyclic) bond motifs is 1. The SMILES string of the molecule is BC1CCCc2c(nc(C(/C=C\C)=C/C=C)n2C(/C=C\C)=C/C=C)C1. The van der Waals surface area contributed by atoms with Gasteiger partial charge in [0.25, 0.3) is 0 Å². The first-order chi connectivity index (χ1) is 12.2. The first kappa shape index (κ1) is 19.0. The predicted molar refractivity (Wildman–Crippen MR) is 113 cm³/mol. The minimum Gasteiger partial charge on any atom is -0.297 e.